The summed E-state index contributed by atoms with van der Waals surface area (Å²) in [6, 6.07) is 20.2. The van der Waals surface area contributed by atoms with Crippen LogP contribution < -0.4 is 5.32 Å². The number of alkyl carbamates (subject to hydrolysis) is 1. The van der Waals surface area contributed by atoms with E-state index in [0.29, 0.717) is 4.47 Å². The smallest absolute Gasteiger partial charge is 0.408 e. The largest absolute Gasteiger partial charge is 0.445 e. The molecule has 0 fully saturated rings. The van der Waals surface area contributed by atoms with E-state index in [9.17, 15) is 19.2 Å². The number of amides is 2. The quantitative estimate of drug-likeness (QED) is 0.160. The first kappa shape index (κ1) is 27.0. The highest BCUT2D eigenvalue weighted by Gasteiger charge is 2.29. The van der Waals surface area contributed by atoms with Gasteiger partial charge in [-0.3, -0.25) is 4.79 Å². The van der Waals surface area contributed by atoms with E-state index in [1.54, 1.807) is 6.07 Å². The third-order valence-electron chi connectivity index (χ3n) is 5.32. The van der Waals surface area contributed by atoms with E-state index < -0.39 is 23.9 Å². The summed E-state index contributed by atoms with van der Waals surface area (Å²) in [5.74, 6) is -1.28. The number of nitrogens with one attached hydrogen (secondary N) is 1. The molecule has 10 heteroatoms. The number of ether oxygens (including phenoxy) is 1. The number of hydrazine groups is 1. The second-order valence-corrected chi connectivity index (χ2v) is 9.03. The molecule has 0 unspecified atom stereocenters. The lowest BCUT2D eigenvalue weighted by molar-refractivity contribution is -0.144. The maximum atomic E-state index is 14.6. The van der Waals surface area contributed by atoms with Crippen molar-refractivity contribution in [3.8, 4) is 6.19 Å². The van der Waals surface area contributed by atoms with Crippen LogP contribution in [0.4, 0.5) is 9.18 Å². The van der Waals surface area contributed by atoms with Gasteiger partial charge in [0.05, 0.1) is 11.6 Å². The van der Waals surface area contributed by atoms with Gasteiger partial charge >= 0.3 is 6.09 Å². The van der Waals surface area contributed by atoms with Crippen molar-refractivity contribution in [1.82, 2.24) is 15.3 Å². The molecule has 0 radical (unpaired) electrons. The molecule has 0 aromatic heterocycles. The Morgan fingerprint density at radius 1 is 1.08 bits per heavy atom. The molecule has 2 amide bonds. The average Bonchev–Trinajstić information content (AvgIpc) is 2.90. The van der Waals surface area contributed by atoms with Gasteiger partial charge in [-0.05, 0) is 33.1 Å². The maximum Gasteiger partial charge on any atom is 0.408 e. The zero-order valence-electron chi connectivity index (χ0n) is 19.3. The van der Waals surface area contributed by atoms with Crippen LogP contribution in [0.25, 0.3) is 0 Å². The first-order valence-corrected chi connectivity index (χ1v) is 12.1. The molecule has 0 bridgehead atoms. The monoisotopic (exact) mass is 572 g/mol. The Balaban J connectivity index is 1.75. The number of hydrogen-bond acceptors (Lipinski definition) is 5. The van der Waals surface area contributed by atoms with Crippen LogP contribution in [0.5, 0.6) is 0 Å². The van der Waals surface area contributed by atoms with E-state index in [0.717, 1.165) is 21.1 Å². The molecule has 0 heterocycles. The van der Waals surface area contributed by atoms with Crippen LogP contribution in [0.1, 0.15) is 16.7 Å². The molecular formula is C26H23BrClFN4O3. The Hall–Kier alpha value is -3.61. The van der Waals surface area contributed by atoms with Crippen molar-refractivity contribution in [2.24, 2.45) is 0 Å². The summed E-state index contributed by atoms with van der Waals surface area (Å²) in [5.41, 5.74) is 1.71. The highest BCUT2D eigenvalue weighted by molar-refractivity contribution is 9.10. The van der Waals surface area contributed by atoms with Crippen LogP contribution in [0, 0.1) is 17.3 Å². The fourth-order valence-electron chi connectivity index (χ4n) is 3.36. The Kier molecular flexibility index (Phi) is 9.68. The molecule has 36 heavy (non-hydrogen) atoms. The van der Waals surface area contributed by atoms with Gasteiger partial charge in [0.1, 0.15) is 18.5 Å². The van der Waals surface area contributed by atoms with E-state index in [2.05, 4.69) is 21.2 Å². The van der Waals surface area contributed by atoms with Gasteiger partial charge in [0.2, 0.25) is 0 Å². The summed E-state index contributed by atoms with van der Waals surface area (Å²) in [6.45, 7) is -0.212. The summed E-state index contributed by atoms with van der Waals surface area (Å²) >= 11 is 9.11. The van der Waals surface area contributed by atoms with Gasteiger partial charge in [0.25, 0.3) is 5.91 Å². The third kappa shape index (κ3) is 7.20. The number of carbonyl (C=O) groups is 2. The summed E-state index contributed by atoms with van der Waals surface area (Å²) < 4.78 is 20.2. The van der Waals surface area contributed by atoms with Crippen LogP contribution in [-0.4, -0.2) is 35.1 Å². The van der Waals surface area contributed by atoms with Crippen LogP contribution >= 0.6 is 27.5 Å². The molecule has 0 spiro atoms. The summed E-state index contributed by atoms with van der Waals surface area (Å²) in [6.07, 6.45) is 1.26. The zero-order chi connectivity index (χ0) is 26.1. The Morgan fingerprint density at radius 2 is 1.69 bits per heavy atom. The predicted octanol–water partition coefficient (Wildman–Crippen LogP) is 5.44. The van der Waals surface area contributed by atoms with Crippen molar-refractivity contribution >= 4 is 39.5 Å². The molecule has 0 aliphatic rings. The van der Waals surface area contributed by atoms with Crippen molar-refractivity contribution in [3.05, 3.63) is 105 Å². The van der Waals surface area contributed by atoms with E-state index in [1.165, 1.54) is 13.1 Å². The van der Waals surface area contributed by atoms with Crippen LogP contribution in [0.15, 0.2) is 77.3 Å². The minimum Gasteiger partial charge on any atom is -0.445 e. The molecular weight excluding hydrogens is 551 g/mol. The molecule has 0 saturated carbocycles. The highest BCUT2D eigenvalue weighted by atomic mass is 79.9. The van der Waals surface area contributed by atoms with Gasteiger partial charge in [-0.2, -0.15) is 5.26 Å². The third-order valence-corrected chi connectivity index (χ3v) is 6.58. The van der Waals surface area contributed by atoms with E-state index in [1.807, 2.05) is 66.9 Å². The van der Waals surface area contributed by atoms with Crippen LogP contribution in [0.3, 0.4) is 0 Å². The number of nitriles is 1. The number of carbonyl (C=O) groups excluding carboxylic acids is 2. The summed E-state index contributed by atoms with van der Waals surface area (Å²) in [7, 11) is 1.37. The van der Waals surface area contributed by atoms with Crippen LogP contribution in [-0.2, 0) is 29.1 Å². The van der Waals surface area contributed by atoms with Gasteiger partial charge in [0, 0.05) is 23.5 Å². The predicted molar refractivity (Wildman–Crippen MR) is 137 cm³/mol. The molecule has 7 nitrogen and oxygen atoms in total. The average molecular weight is 574 g/mol. The lowest BCUT2D eigenvalue weighted by Gasteiger charge is -2.30. The second kappa shape index (κ2) is 12.9. The van der Waals surface area contributed by atoms with Gasteiger partial charge < -0.3 is 10.1 Å². The van der Waals surface area contributed by atoms with E-state index in [4.69, 9.17) is 16.3 Å². The zero-order valence-corrected chi connectivity index (χ0v) is 21.7. The summed E-state index contributed by atoms with van der Waals surface area (Å²) in [4.78, 5) is 25.9. The number of nitrogens with zero attached hydrogens (tertiary/aromatic N) is 3. The van der Waals surface area contributed by atoms with Crippen molar-refractivity contribution in [1.29, 1.82) is 5.26 Å². The second-order valence-electron chi connectivity index (χ2n) is 7.80. The first-order chi connectivity index (χ1) is 17.3. The molecule has 0 aliphatic heterocycles. The normalized spacial score (nSPS) is 11.2. The fraction of sp³-hybridized carbons (Fsp3) is 0.192. The Morgan fingerprint density at radius 3 is 2.31 bits per heavy atom. The molecule has 0 aliphatic carbocycles. The molecule has 3 aromatic rings. The molecule has 1 atom stereocenters. The van der Waals surface area contributed by atoms with Gasteiger partial charge in [-0.1, -0.05) is 78.3 Å². The SMILES string of the molecule is CN(C(=O)[C@H](Cc1ccccc1)NC(=O)OCc1ccccc1)N(C#N)Cc1ccc(Br)c(Cl)c1F. The molecule has 3 aromatic carbocycles. The minimum absolute atomic E-state index is 0.0304. The van der Waals surface area contributed by atoms with Gasteiger partial charge in [-0.15, -0.1) is 0 Å². The highest BCUT2D eigenvalue weighted by Crippen LogP contribution is 2.28. The topological polar surface area (TPSA) is 85.7 Å². The van der Waals surface area contributed by atoms with Crippen molar-refractivity contribution in [2.45, 2.75) is 25.6 Å². The Bertz CT molecular complexity index is 1240. The molecule has 0 saturated heterocycles. The standard InChI is InChI=1S/C26H23BrClFN4O3/c1-32(33(17-30)15-20-12-13-21(27)23(28)24(20)29)25(34)22(14-18-8-4-2-5-9-18)31-26(35)36-16-19-10-6-3-7-11-19/h2-13,22H,14-16H2,1H3,(H,31,35)/t22-/m0/s1. The maximum absolute atomic E-state index is 14.6. The van der Waals surface area contributed by atoms with Crippen molar-refractivity contribution in [3.63, 3.8) is 0 Å². The minimum atomic E-state index is -1.05. The van der Waals surface area contributed by atoms with E-state index >= 15 is 0 Å². The van der Waals surface area contributed by atoms with Crippen LogP contribution in [0.2, 0.25) is 5.02 Å². The number of halogens is 3. The van der Waals surface area contributed by atoms with E-state index in [-0.39, 0.29) is 30.2 Å². The van der Waals surface area contributed by atoms with Crippen molar-refractivity contribution in [2.75, 3.05) is 7.05 Å². The molecule has 3 rings (SSSR count). The molecule has 1 N–H and O–H groups in total. The first-order valence-electron chi connectivity index (χ1n) is 10.9. The number of rotatable bonds is 9. The van der Waals surface area contributed by atoms with Gasteiger partial charge in [-0.25, -0.2) is 19.2 Å². The lowest BCUT2D eigenvalue weighted by Crippen LogP contribution is -2.52. The number of benzene rings is 3. The van der Waals surface area contributed by atoms with Gasteiger partial charge in [0.15, 0.2) is 6.19 Å². The summed E-state index contributed by atoms with van der Waals surface area (Å²) in [5, 5.41) is 14.2. The molecule has 186 valence electrons. The Labute approximate surface area is 222 Å². The fourth-order valence-corrected chi connectivity index (χ4v) is 3.85. The lowest BCUT2D eigenvalue weighted by atomic mass is 10.1. The van der Waals surface area contributed by atoms with Crippen molar-refractivity contribution < 1.29 is 18.7 Å². The number of likely N-dealkylation sites (N-methyl/N-ethyl adjacent to an activating group) is 1. The number of hydrogen-bond donors (Lipinski definition) is 1.